The molecule has 0 aliphatic carbocycles. The van der Waals surface area contributed by atoms with E-state index in [1.807, 2.05) is 19.1 Å². The first-order valence-corrected chi connectivity index (χ1v) is 9.90. The molecule has 31 heavy (non-hydrogen) atoms. The van der Waals surface area contributed by atoms with E-state index >= 15 is 0 Å². The molecule has 1 unspecified atom stereocenters. The van der Waals surface area contributed by atoms with E-state index in [0.717, 1.165) is 5.56 Å². The van der Waals surface area contributed by atoms with Crippen LogP contribution in [0.3, 0.4) is 0 Å². The third kappa shape index (κ3) is 6.02. The molecule has 0 saturated heterocycles. The van der Waals surface area contributed by atoms with Gasteiger partial charge >= 0.3 is 12.1 Å². The summed E-state index contributed by atoms with van der Waals surface area (Å²) in [6.07, 6.45) is -0.317. The lowest BCUT2D eigenvalue weighted by Gasteiger charge is -2.18. The Bertz CT molecular complexity index is 988. The van der Waals surface area contributed by atoms with Crippen LogP contribution in [-0.2, 0) is 4.74 Å². The average molecular weight is 424 g/mol. The average Bonchev–Trinajstić information content (AvgIpc) is 3.21. The predicted molar refractivity (Wildman–Crippen MR) is 114 cm³/mol. The van der Waals surface area contributed by atoms with E-state index in [0.29, 0.717) is 29.3 Å². The molecule has 3 rings (SSSR count). The molecule has 1 aliphatic heterocycles. The predicted octanol–water partition coefficient (Wildman–Crippen LogP) is 4.54. The fourth-order valence-electron chi connectivity index (χ4n) is 2.97. The van der Waals surface area contributed by atoms with E-state index < -0.39 is 18.2 Å². The Morgan fingerprint density at radius 2 is 1.87 bits per heavy atom. The number of nitrogens with one attached hydrogen (secondary N) is 3. The molecule has 9 heteroatoms. The minimum absolute atomic E-state index is 0.149. The SMILES string of the molecule is CCC(CC#N)OC(=O)N[C@@H](C)c1cccc(NC(=O)Nc2ccc3c(c2)OCO3)c1. The smallest absolute Gasteiger partial charge is 0.407 e. The number of urea groups is 1. The summed E-state index contributed by atoms with van der Waals surface area (Å²) < 4.78 is 15.8. The lowest BCUT2D eigenvalue weighted by molar-refractivity contribution is 0.0950. The zero-order valence-electron chi connectivity index (χ0n) is 17.3. The molecule has 1 heterocycles. The van der Waals surface area contributed by atoms with Gasteiger partial charge in [-0.05, 0) is 43.2 Å². The second kappa shape index (κ2) is 10.2. The van der Waals surface area contributed by atoms with Gasteiger partial charge in [-0.3, -0.25) is 0 Å². The Balaban J connectivity index is 1.56. The van der Waals surface area contributed by atoms with Gasteiger partial charge in [-0.1, -0.05) is 19.1 Å². The molecular weight excluding hydrogens is 400 g/mol. The molecule has 0 bridgehead atoms. The van der Waals surface area contributed by atoms with E-state index in [1.165, 1.54) is 0 Å². The van der Waals surface area contributed by atoms with Crippen LogP contribution in [0, 0.1) is 11.3 Å². The van der Waals surface area contributed by atoms with Crippen molar-refractivity contribution in [3.63, 3.8) is 0 Å². The van der Waals surface area contributed by atoms with E-state index in [1.54, 1.807) is 43.3 Å². The molecule has 0 saturated carbocycles. The van der Waals surface area contributed by atoms with Crippen LogP contribution in [0.1, 0.15) is 38.3 Å². The van der Waals surface area contributed by atoms with E-state index in [4.69, 9.17) is 19.5 Å². The largest absolute Gasteiger partial charge is 0.454 e. The molecule has 0 spiro atoms. The van der Waals surface area contributed by atoms with Gasteiger partial charge in [0.1, 0.15) is 6.10 Å². The molecule has 1 aliphatic rings. The van der Waals surface area contributed by atoms with Crippen LogP contribution in [0.25, 0.3) is 0 Å². The first-order chi connectivity index (χ1) is 15.0. The Kier molecular flexibility index (Phi) is 7.17. The van der Waals surface area contributed by atoms with Gasteiger partial charge in [-0.15, -0.1) is 0 Å². The molecule has 2 aromatic carbocycles. The van der Waals surface area contributed by atoms with Gasteiger partial charge in [0.15, 0.2) is 11.5 Å². The maximum atomic E-state index is 12.3. The summed E-state index contributed by atoms with van der Waals surface area (Å²) in [6.45, 7) is 3.82. The highest BCUT2D eigenvalue weighted by Crippen LogP contribution is 2.34. The lowest BCUT2D eigenvalue weighted by atomic mass is 10.1. The number of fused-ring (bicyclic) bond motifs is 1. The van der Waals surface area contributed by atoms with Crippen molar-refractivity contribution >= 4 is 23.5 Å². The molecule has 0 fully saturated rings. The highest BCUT2D eigenvalue weighted by molar-refractivity contribution is 6.00. The Morgan fingerprint density at radius 3 is 2.61 bits per heavy atom. The third-order valence-corrected chi connectivity index (χ3v) is 4.66. The minimum atomic E-state index is -0.589. The number of anilines is 2. The summed E-state index contributed by atoms with van der Waals surface area (Å²) >= 11 is 0. The second-order valence-corrected chi connectivity index (χ2v) is 6.94. The lowest BCUT2D eigenvalue weighted by Crippen LogP contribution is -2.31. The van der Waals surface area contributed by atoms with Crippen LogP contribution < -0.4 is 25.4 Å². The van der Waals surface area contributed by atoms with Crippen LogP contribution in [0.5, 0.6) is 11.5 Å². The van der Waals surface area contributed by atoms with Crippen molar-refractivity contribution < 1.29 is 23.8 Å². The highest BCUT2D eigenvalue weighted by Gasteiger charge is 2.16. The van der Waals surface area contributed by atoms with E-state index in [2.05, 4.69) is 16.0 Å². The van der Waals surface area contributed by atoms with Crippen molar-refractivity contribution in [2.75, 3.05) is 17.4 Å². The number of hydrogen-bond donors (Lipinski definition) is 3. The number of hydrogen-bond acceptors (Lipinski definition) is 6. The molecule has 162 valence electrons. The summed E-state index contributed by atoms with van der Waals surface area (Å²) in [5.41, 5.74) is 1.92. The maximum Gasteiger partial charge on any atom is 0.407 e. The number of ether oxygens (including phenoxy) is 3. The number of amides is 3. The van der Waals surface area contributed by atoms with Gasteiger partial charge in [-0.25, -0.2) is 9.59 Å². The van der Waals surface area contributed by atoms with Gasteiger partial charge in [0, 0.05) is 17.4 Å². The van der Waals surface area contributed by atoms with Gasteiger partial charge < -0.3 is 30.2 Å². The number of nitriles is 1. The van der Waals surface area contributed by atoms with Gasteiger partial charge in [0.2, 0.25) is 6.79 Å². The summed E-state index contributed by atoms with van der Waals surface area (Å²) in [4.78, 5) is 24.4. The van der Waals surface area contributed by atoms with E-state index in [9.17, 15) is 9.59 Å². The molecule has 2 atom stereocenters. The normalized spacial score (nSPS) is 13.5. The molecule has 9 nitrogen and oxygen atoms in total. The number of carbonyl (C=O) groups is 2. The van der Waals surface area contributed by atoms with Crippen molar-refractivity contribution in [2.45, 2.75) is 38.8 Å². The quantitative estimate of drug-likeness (QED) is 0.600. The van der Waals surface area contributed by atoms with E-state index in [-0.39, 0.29) is 19.3 Å². The maximum absolute atomic E-state index is 12.3. The summed E-state index contributed by atoms with van der Waals surface area (Å²) in [5.74, 6) is 1.21. The van der Waals surface area contributed by atoms with Crippen LogP contribution >= 0.6 is 0 Å². The van der Waals surface area contributed by atoms with Crippen molar-refractivity contribution in [3.8, 4) is 17.6 Å². The van der Waals surface area contributed by atoms with Gasteiger partial charge in [-0.2, -0.15) is 5.26 Å². The first kappa shape index (κ1) is 21.8. The van der Waals surface area contributed by atoms with Crippen LogP contribution in [0.2, 0.25) is 0 Å². The molecular formula is C22H24N4O5. The molecule has 3 amide bonds. The van der Waals surface area contributed by atoms with Crippen molar-refractivity contribution in [1.29, 1.82) is 5.26 Å². The van der Waals surface area contributed by atoms with Gasteiger partial charge in [0.05, 0.1) is 18.5 Å². The molecule has 3 N–H and O–H groups in total. The van der Waals surface area contributed by atoms with Crippen molar-refractivity contribution in [1.82, 2.24) is 5.32 Å². The van der Waals surface area contributed by atoms with Gasteiger partial charge in [0.25, 0.3) is 0 Å². The number of carbonyl (C=O) groups excluding carboxylic acids is 2. The highest BCUT2D eigenvalue weighted by atomic mass is 16.7. The van der Waals surface area contributed by atoms with Crippen molar-refractivity contribution in [3.05, 3.63) is 48.0 Å². The Labute approximate surface area is 180 Å². The summed E-state index contributed by atoms with van der Waals surface area (Å²) in [6, 6.07) is 13.5. The van der Waals surface area contributed by atoms with Crippen molar-refractivity contribution in [2.24, 2.45) is 0 Å². The topological polar surface area (TPSA) is 122 Å². The zero-order valence-corrected chi connectivity index (χ0v) is 17.3. The van der Waals surface area contributed by atoms with Crippen LogP contribution in [0.4, 0.5) is 21.0 Å². The summed E-state index contributed by atoms with van der Waals surface area (Å²) in [5, 5.41) is 17.0. The number of nitrogens with zero attached hydrogens (tertiary/aromatic N) is 1. The molecule has 0 aromatic heterocycles. The third-order valence-electron chi connectivity index (χ3n) is 4.66. The fraction of sp³-hybridized carbons (Fsp3) is 0.318. The second-order valence-electron chi connectivity index (χ2n) is 6.94. The Morgan fingerprint density at radius 1 is 1.13 bits per heavy atom. The molecule has 0 radical (unpaired) electrons. The zero-order chi connectivity index (χ0) is 22.2. The molecule has 2 aromatic rings. The minimum Gasteiger partial charge on any atom is -0.454 e. The first-order valence-electron chi connectivity index (χ1n) is 9.90. The number of benzene rings is 2. The Hall–Kier alpha value is -3.93. The van der Waals surface area contributed by atoms with Crippen LogP contribution in [-0.4, -0.2) is 25.0 Å². The summed E-state index contributed by atoms with van der Waals surface area (Å²) in [7, 11) is 0. The fourth-order valence-corrected chi connectivity index (χ4v) is 2.97. The van der Waals surface area contributed by atoms with Crippen LogP contribution in [0.15, 0.2) is 42.5 Å². The monoisotopic (exact) mass is 424 g/mol. The standard InChI is InChI=1S/C22H24N4O5/c1-3-18(9-10-23)31-22(28)24-14(2)15-5-4-6-16(11-15)25-21(27)26-17-7-8-19-20(12-17)30-13-29-19/h4-8,11-12,14,18H,3,9,13H2,1-2H3,(H,24,28)(H2,25,26,27)/t14-,18?/m0/s1. The number of alkyl carbamates (subject to hydrolysis) is 1. The number of rotatable bonds is 7.